The summed E-state index contributed by atoms with van der Waals surface area (Å²) in [7, 11) is 4.31. The zero-order valence-electron chi connectivity index (χ0n) is 13.1. The summed E-state index contributed by atoms with van der Waals surface area (Å²) in [6.45, 7) is 1.68. The maximum atomic E-state index is 12.5. The third-order valence-corrected chi connectivity index (χ3v) is 3.48. The van der Waals surface area contributed by atoms with Crippen LogP contribution < -0.4 is 10.1 Å². The third-order valence-electron chi connectivity index (χ3n) is 3.25. The zero-order valence-corrected chi connectivity index (χ0v) is 13.9. The van der Waals surface area contributed by atoms with Gasteiger partial charge in [0.25, 0.3) is 5.91 Å². The van der Waals surface area contributed by atoms with Crippen molar-refractivity contribution < 1.29 is 19.1 Å². The molecule has 0 fully saturated rings. The van der Waals surface area contributed by atoms with Crippen LogP contribution in [-0.4, -0.2) is 35.9 Å². The van der Waals surface area contributed by atoms with Crippen LogP contribution in [0.1, 0.15) is 26.5 Å². The molecule has 122 valence electrons. The third kappa shape index (κ3) is 3.29. The molecule has 23 heavy (non-hydrogen) atoms. The normalized spacial score (nSPS) is 10.3. The molecule has 0 saturated carbocycles. The largest absolute Gasteiger partial charge is 0.496 e. The Morgan fingerprint density at radius 2 is 2.00 bits per heavy atom. The first-order valence-electron chi connectivity index (χ1n) is 6.65. The van der Waals surface area contributed by atoms with Gasteiger partial charge < -0.3 is 14.8 Å². The van der Waals surface area contributed by atoms with Gasteiger partial charge in [0.05, 0.1) is 31.2 Å². The summed E-state index contributed by atoms with van der Waals surface area (Å²) in [5.41, 5.74) is 1.17. The summed E-state index contributed by atoms with van der Waals surface area (Å²) in [6, 6.07) is 4.69. The van der Waals surface area contributed by atoms with E-state index in [2.05, 4.69) is 10.4 Å². The van der Waals surface area contributed by atoms with Crippen LogP contribution in [-0.2, 0) is 11.8 Å². The molecular formula is C15H16ClN3O4. The average Bonchev–Trinajstić information content (AvgIpc) is 2.80. The number of hydrogen-bond acceptors (Lipinski definition) is 5. The first-order chi connectivity index (χ1) is 10.9. The summed E-state index contributed by atoms with van der Waals surface area (Å²) in [4.78, 5) is 24.4. The topological polar surface area (TPSA) is 82.4 Å². The Hall–Kier alpha value is -2.54. The zero-order chi connectivity index (χ0) is 17.1. The van der Waals surface area contributed by atoms with Gasteiger partial charge in [-0.25, -0.2) is 4.79 Å². The molecule has 0 spiro atoms. The maximum absolute atomic E-state index is 12.5. The highest BCUT2D eigenvalue weighted by Gasteiger charge is 2.24. The molecule has 0 aliphatic rings. The fraction of sp³-hybridized carbons (Fsp3) is 0.267. The number of aryl methyl sites for hydroxylation is 2. The number of hydrogen-bond donors (Lipinski definition) is 1. The standard InChI is InChI=1S/C15H16ClN3O4/c1-8-12(13(15(21)23-4)19(2)18-8)17-14(20)10-7-9(16)5-6-11(10)22-3/h5-7H,1-4H3,(H,17,20). The Morgan fingerprint density at radius 3 is 2.61 bits per heavy atom. The van der Waals surface area contributed by atoms with E-state index in [1.54, 1.807) is 26.1 Å². The second kappa shape index (κ2) is 6.70. The van der Waals surface area contributed by atoms with Crippen LogP contribution in [0.2, 0.25) is 5.02 Å². The Kier molecular flexibility index (Phi) is 4.90. The van der Waals surface area contributed by atoms with Crippen LogP contribution in [0.5, 0.6) is 5.75 Å². The monoisotopic (exact) mass is 337 g/mol. The number of aromatic nitrogens is 2. The number of methoxy groups -OCH3 is 2. The number of rotatable bonds is 4. The van der Waals surface area contributed by atoms with Gasteiger partial charge in [-0.05, 0) is 25.1 Å². The number of carbonyl (C=O) groups excluding carboxylic acids is 2. The van der Waals surface area contributed by atoms with Gasteiger partial charge in [-0.3, -0.25) is 9.48 Å². The first kappa shape index (κ1) is 16.8. The highest BCUT2D eigenvalue weighted by atomic mass is 35.5. The van der Waals surface area contributed by atoms with E-state index in [1.165, 1.54) is 25.0 Å². The molecule has 1 amide bonds. The molecule has 1 N–H and O–H groups in total. The smallest absolute Gasteiger partial charge is 0.358 e. The number of halogens is 1. The van der Waals surface area contributed by atoms with E-state index in [9.17, 15) is 9.59 Å². The van der Waals surface area contributed by atoms with Gasteiger partial charge >= 0.3 is 5.97 Å². The number of nitrogens with one attached hydrogen (secondary N) is 1. The molecule has 8 heteroatoms. The second-order valence-electron chi connectivity index (χ2n) is 4.72. The lowest BCUT2D eigenvalue weighted by molar-refractivity contribution is 0.0589. The van der Waals surface area contributed by atoms with Crippen molar-refractivity contribution in [3.05, 3.63) is 40.2 Å². The molecule has 7 nitrogen and oxygen atoms in total. The minimum Gasteiger partial charge on any atom is -0.496 e. The van der Waals surface area contributed by atoms with Crippen LogP contribution >= 0.6 is 11.6 Å². The molecule has 0 atom stereocenters. The number of ether oxygens (including phenoxy) is 2. The lowest BCUT2D eigenvalue weighted by Crippen LogP contribution is -2.17. The number of benzene rings is 1. The second-order valence-corrected chi connectivity index (χ2v) is 5.16. The molecular weight excluding hydrogens is 322 g/mol. The molecule has 1 heterocycles. The number of nitrogens with zero attached hydrogens (tertiary/aromatic N) is 2. The summed E-state index contributed by atoms with van der Waals surface area (Å²) < 4.78 is 11.2. The predicted molar refractivity (Wildman–Crippen MR) is 85.2 cm³/mol. The number of anilines is 1. The van der Waals surface area contributed by atoms with Gasteiger partial charge in [0.1, 0.15) is 5.75 Å². The molecule has 0 aliphatic heterocycles. The maximum Gasteiger partial charge on any atom is 0.358 e. The van der Waals surface area contributed by atoms with Crippen molar-refractivity contribution in [1.29, 1.82) is 0 Å². The van der Waals surface area contributed by atoms with Crippen LogP contribution in [0.25, 0.3) is 0 Å². The Balaban J connectivity index is 2.42. The first-order valence-corrected chi connectivity index (χ1v) is 7.03. The highest BCUT2D eigenvalue weighted by molar-refractivity contribution is 6.31. The van der Waals surface area contributed by atoms with Crippen molar-refractivity contribution in [3.63, 3.8) is 0 Å². The molecule has 0 aliphatic carbocycles. The van der Waals surface area contributed by atoms with Crippen molar-refractivity contribution >= 4 is 29.2 Å². The summed E-state index contributed by atoms with van der Waals surface area (Å²) in [6.07, 6.45) is 0. The lowest BCUT2D eigenvalue weighted by Gasteiger charge is -2.10. The van der Waals surface area contributed by atoms with E-state index in [0.717, 1.165) is 0 Å². The molecule has 0 saturated heterocycles. The molecule has 0 bridgehead atoms. The molecule has 1 aromatic heterocycles. The van der Waals surface area contributed by atoms with Crippen LogP contribution in [0.15, 0.2) is 18.2 Å². The van der Waals surface area contributed by atoms with Crippen LogP contribution in [0.4, 0.5) is 5.69 Å². The van der Waals surface area contributed by atoms with E-state index in [0.29, 0.717) is 16.5 Å². The molecule has 2 aromatic rings. The fourth-order valence-corrected chi connectivity index (χ4v) is 2.35. The highest BCUT2D eigenvalue weighted by Crippen LogP contribution is 2.26. The Labute approximate surface area is 138 Å². The van der Waals surface area contributed by atoms with E-state index < -0.39 is 11.9 Å². The van der Waals surface area contributed by atoms with Crippen molar-refractivity contribution in [3.8, 4) is 5.75 Å². The predicted octanol–water partition coefficient (Wildman–Crippen LogP) is 2.43. The van der Waals surface area contributed by atoms with Crippen molar-refractivity contribution in [2.45, 2.75) is 6.92 Å². The van der Waals surface area contributed by atoms with Gasteiger partial charge in [0, 0.05) is 12.1 Å². The van der Waals surface area contributed by atoms with Gasteiger partial charge in [-0.15, -0.1) is 0 Å². The van der Waals surface area contributed by atoms with E-state index in [4.69, 9.17) is 21.1 Å². The van der Waals surface area contributed by atoms with Gasteiger partial charge in [-0.1, -0.05) is 11.6 Å². The minimum absolute atomic E-state index is 0.152. The van der Waals surface area contributed by atoms with E-state index in [1.807, 2.05) is 0 Å². The quantitative estimate of drug-likeness (QED) is 0.866. The fourth-order valence-electron chi connectivity index (χ4n) is 2.18. The number of amides is 1. The Morgan fingerprint density at radius 1 is 1.30 bits per heavy atom. The van der Waals surface area contributed by atoms with Crippen molar-refractivity contribution in [2.24, 2.45) is 7.05 Å². The summed E-state index contributed by atoms with van der Waals surface area (Å²) in [5.74, 6) is -0.694. The van der Waals surface area contributed by atoms with E-state index in [-0.39, 0.29) is 16.9 Å². The molecule has 0 radical (unpaired) electrons. The summed E-state index contributed by atoms with van der Waals surface area (Å²) >= 11 is 5.93. The van der Waals surface area contributed by atoms with Gasteiger partial charge in [0.2, 0.25) is 0 Å². The molecule has 1 aromatic carbocycles. The molecule has 0 unspecified atom stereocenters. The minimum atomic E-state index is -0.596. The van der Waals surface area contributed by atoms with Crippen LogP contribution in [0.3, 0.4) is 0 Å². The average molecular weight is 338 g/mol. The summed E-state index contributed by atoms with van der Waals surface area (Å²) in [5, 5.41) is 7.20. The van der Waals surface area contributed by atoms with Crippen molar-refractivity contribution in [2.75, 3.05) is 19.5 Å². The van der Waals surface area contributed by atoms with Gasteiger partial charge in [-0.2, -0.15) is 5.10 Å². The molecule has 2 rings (SSSR count). The lowest BCUT2D eigenvalue weighted by atomic mass is 10.1. The van der Waals surface area contributed by atoms with E-state index >= 15 is 0 Å². The van der Waals surface area contributed by atoms with Crippen molar-refractivity contribution in [1.82, 2.24) is 9.78 Å². The Bertz CT molecular complexity index is 770. The number of esters is 1. The van der Waals surface area contributed by atoms with Crippen LogP contribution in [0, 0.1) is 6.92 Å². The number of carbonyl (C=O) groups is 2. The SMILES string of the molecule is COC(=O)c1c(NC(=O)c2cc(Cl)ccc2OC)c(C)nn1C. The van der Waals surface area contributed by atoms with Gasteiger partial charge in [0.15, 0.2) is 5.69 Å².